The van der Waals surface area contributed by atoms with Gasteiger partial charge in [-0.1, -0.05) is 24.4 Å². The van der Waals surface area contributed by atoms with Crippen LogP contribution in [0, 0.1) is 0 Å². The van der Waals surface area contributed by atoms with E-state index in [-0.39, 0.29) is 19.5 Å². The predicted octanol–water partition coefficient (Wildman–Crippen LogP) is 3.62. The summed E-state index contributed by atoms with van der Waals surface area (Å²) in [6.07, 6.45) is 0. The molecule has 0 saturated heterocycles. The number of hydrogen-bond donors (Lipinski definition) is 0. The summed E-state index contributed by atoms with van der Waals surface area (Å²) in [6.45, 7) is 12.3. The number of rotatable bonds is 4. The molecular formula is C10H20N2S4Zn. The van der Waals surface area contributed by atoms with Gasteiger partial charge in [0.2, 0.25) is 0 Å². The molecule has 0 aliphatic carbocycles. The van der Waals surface area contributed by atoms with Crippen LogP contribution in [0.5, 0.6) is 0 Å². The Morgan fingerprint density at radius 1 is 0.765 bits per heavy atom. The summed E-state index contributed by atoms with van der Waals surface area (Å²) in [5.74, 6) is 0. The fourth-order valence-corrected chi connectivity index (χ4v) is 4.20. The van der Waals surface area contributed by atoms with Crippen molar-refractivity contribution in [3.63, 3.8) is 0 Å². The van der Waals surface area contributed by atoms with Crippen molar-refractivity contribution < 1.29 is 19.5 Å². The van der Waals surface area contributed by atoms with Crippen molar-refractivity contribution in [2.24, 2.45) is 0 Å². The number of nitrogens with zero attached hydrogens (tertiary/aromatic N) is 2. The van der Waals surface area contributed by atoms with E-state index in [1.165, 1.54) is 0 Å². The molecular weight excluding hydrogens is 342 g/mol. The SMILES string of the molecule is CCN(CC)C(=S)SSC(=S)N(CC)CC.[Zn]. The van der Waals surface area contributed by atoms with Crippen LogP contribution in [0.4, 0.5) is 0 Å². The molecule has 96 valence electrons. The van der Waals surface area contributed by atoms with Gasteiger partial charge in [0.25, 0.3) is 0 Å². The summed E-state index contributed by atoms with van der Waals surface area (Å²) in [6, 6.07) is 0. The van der Waals surface area contributed by atoms with E-state index in [9.17, 15) is 0 Å². The van der Waals surface area contributed by atoms with E-state index in [1.807, 2.05) is 0 Å². The summed E-state index contributed by atoms with van der Waals surface area (Å²) < 4.78 is 1.84. The maximum atomic E-state index is 5.34. The summed E-state index contributed by atoms with van der Waals surface area (Å²) in [4.78, 5) is 4.33. The van der Waals surface area contributed by atoms with Gasteiger partial charge in [0.15, 0.2) is 0 Å². The molecule has 0 spiro atoms. The quantitative estimate of drug-likeness (QED) is 0.425. The Morgan fingerprint density at radius 3 is 1.18 bits per heavy atom. The van der Waals surface area contributed by atoms with Crippen LogP contribution in [0.15, 0.2) is 0 Å². The molecule has 0 atom stereocenters. The normalized spacial score (nSPS) is 9.41. The Labute approximate surface area is 137 Å². The van der Waals surface area contributed by atoms with E-state index in [1.54, 1.807) is 21.6 Å². The average molecular weight is 362 g/mol. The van der Waals surface area contributed by atoms with Crippen molar-refractivity contribution >= 4 is 54.7 Å². The molecule has 7 heteroatoms. The summed E-state index contributed by atoms with van der Waals surface area (Å²) in [5.41, 5.74) is 0. The van der Waals surface area contributed by atoms with Crippen LogP contribution in [-0.4, -0.2) is 44.6 Å². The van der Waals surface area contributed by atoms with E-state index in [2.05, 4.69) is 37.5 Å². The van der Waals surface area contributed by atoms with E-state index >= 15 is 0 Å². The van der Waals surface area contributed by atoms with E-state index in [0.717, 1.165) is 34.8 Å². The molecule has 0 N–H and O–H groups in total. The standard InChI is InChI=1S/C10H20N2S4.Zn/c1-5-11(6-2)9(13)15-16-10(14)12(7-3)8-4;/h5-8H2,1-4H3;. The first-order valence-corrected chi connectivity index (χ1v) is 8.49. The number of thiocarbonyl (C=S) groups is 2. The Kier molecular flexibility index (Phi) is 14.6. The van der Waals surface area contributed by atoms with Gasteiger partial charge in [-0.05, 0) is 49.3 Å². The molecule has 0 aromatic heterocycles. The molecule has 0 aliphatic rings. The molecule has 2 nitrogen and oxygen atoms in total. The summed E-state index contributed by atoms with van der Waals surface area (Å²) in [7, 11) is 3.18. The monoisotopic (exact) mass is 360 g/mol. The van der Waals surface area contributed by atoms with Crippen LogP contribution >= 0.6 is 46.0 Å². The molecule has 0 fully saturated rings. The fourth-order valence-electron chi connectivity index (χ4n) is 1.14. The molecule has 0 heterocycles. The first kappa shape index (κ1) is 20.4. The molecule has 0 saturated carbocycles. The summed E-state index contributed by atoms with van der Waals surface area (Å²) >= 11 is 10.7. The van der Waals surface area contributed by atoms with Gasteiger partial charge in [0.1, 0.15) is 8.64 Å². The fraction of sp³-hybridized carbons (Fsp3) is 0.800. The zero-order valence-electron chi connectivity index (χ0n) is 11.1. The zero-order valence-corrected chi connectivity index (χ0v) is 17.3. The molecule has 0 bridgehead atoms. The number of hydrogen-bond acceptors (Lipinski definition) is 4. The van der Waals surface area contributed by atoms with Crippen molar-refractivity contribution in [2.75, 3.05) is 26.2 Å². The molecule has 0 aliphatic heterocycles. The second-order valence-corrected chi connectivity index (χ2v) is 6.44. The summed E-state index contributed by atoms with van der Waals surface area (Å²) in [5, 5.41) is 0. The largest absolute Gasteiger partial charge is 0.357 e. The van der Waals surface area contributed by atoms with Crippen molar-refractivity contribution in [3.05, 3.63) is 0 Å². The second-order valence-electron chi connectivity index (χ2n) is 3.04. The van der Waals surface area contributed by atoms with Gasteiger partial charge in [0.05, 0.1) is 0 Å². The van der Waals surface area contributed by atoms with Crippen LogP contribution in [0.1, 0.15) is 27.7 Å². The van der Waals surface area contributed by atoms with Gasteiger partial charge in [-0.15, -0.1) is 0 Å². The van der Waals surface area contributed by atoms with Crippen LogP contribution in [0.25, 0.3) is 0 Å². The van der Waals surface area contributed by atoms with Gasteiger partial charge in [-0.25, -0.2) is 0 Å². The average Bonchev–Trinajstić information content (AvgIpc) is 2.29. The molecule has 0 rings (SSSR count). The van der Waals surface area contributed by atoms with Gasteiger partial charge < -0.3 is 9.80 Å². The molecule has 17 heavy (non-hydrogen) atoms. The van der Waals surface area contributed by atoms with Crippen LogP contribution in [0.3, 0.4) is 0 Å². The predicted molar refractivity (Wildman–Crippen MR) is 86.2 cm³/mol. The zero-order chi connectivity index (χ0) is 12.6. The Balaban J connectivity index is 0. The van der Waals surface area contributed by atoms with Crippen LogP contribution < -0.4 is 0 Å². The third kappa shape index (κ3) is 7.99. The third-order valence-electron chi connectivity index (χ3n) is 2.23. The van der Waals surface area contributed by atoms with E-state index < -0.39 is 0 Å². The van der Waals surface area contributed by atoms with Crippen LogP contribution in [-0.2, 0) is 19.5 Å². The minimum atomic E-state index is 0. The van der Waals surface area contributed by atoms with E-state index in [4.69, 9.17) is 24.4 Å². The van der Waals surface area contributed by atoms with Crippen LogP contribution in [0.2, 0.25) is 0 Å². The van der Waals surface area contributed by atoms with Gasteiger partial charge in [-0.2, -0.15) is 0 Å². The third-order valence-corrected chi connectivity index (χ3v) is 5.96. The smallest absolute Gasteiger partial charge is 0.147 e. The first-order valence-electron chi connectivity index (χ1n) is 5.52. The molecule has 0 aromatic rings. The van der Waals surface area contributed by atoms with Crippen molar-refractivity contribution in [3.8, 4) is 0 Å². The second kappa shape index (κ2) is 12.2. The Bertz CT molecular complexity index is 206. The molecule has 0 aromatic carbocycles. The Hall–Kier alpha value is 1.10. The molecule has 0 unspecified atom stereocenters. The van der Waals surface area contributed by atoms with Gasteiger partial charge in [0, 0.05) is 45.7 Å². The minimum Gasteiger partial charge on any atom is -0.357 e. The minimum absolute atomic E-state index is 0. The first-order chi connectivity index (χ1) is 7.60. The van der Waals surface area contributed by atoms with Gasteiger partial charge >= 0.3 is 0 Å². The van der Waals surface area contributed by atoms with Crippen molar-refractivity contribution in [1.29, 1.82) is 0 Å². The van der Waals surface area contributed by atoms with E-state index in [0.29, 0.717) is 0 Å². The topological polar surface area (TPSA) is 6.48 Å². The molecule has 0 radical (unpaired) electrons. The maximum absolute atomic E-state index is 5.34. The van der Waals surface area contributed by atoms with Crippen molar-refractivity contribution in [2.45, 2.75) is 27.7 Å². The van der Waals surface area contributed by atoms with Crippen molar-refractivity contribution in [1.82, 2.24) is 9.80 Å². The molecule has 0 amide bonds. The maximum Gasteiger partial charge on any atom is 0.147 e. The van der Waals surface area contributed by atoms with Gasteiger partial charge in [-0.3, -0.25) is 0 Å². The Morgan fingerprint density at radius 2 is 1.00 bits per heavy atom.